The van der Waals surface area contributed by atoms with E-state index < -0.39 is 15.9 Å². The van der Waals surface area contributed by atoms with E-state index in [2.05, 4.69) is 37.1 Å². The van der Waals surface area contributed by atoms with E-state index in [1.165, 1.54) is 0 Å². The van der Waals surface area contributed by atoms with Crippen LogP contribution in [0.5, 0.6) is 0 Å². The Labute approximate surface area is 201 Å². The minimum Gasteiger partial charge on any atom is -0.369 e. The lowest BCUT2D eigenvalue weighted by molar-refractivity contribution is 0.102. The van der Waals surface area contributed by atoms with Crippen LogP contribution in [0.3, 0.4) is 0 Å². The summed E-state index contributed by atoms with van der Waals surface area (Å²) in [6.07, 6.45) is 0. The Morgan fingerprint density at radius 1 is 1.06 bits per heavy atom. The van der Waals surface area contributed by atoms with Crippen molar-refractivity contribution in [3.63, 3.8) is 0 Å². The number of hydrogen-bond acceptors (Lipinski definition) is 8. The topological polar surface area (TPSA) is 108 Å². The van der Waals surface area contributed by atoms with Crippen LogP contribution >= 0.6 is 22.9 Å². The van der Waals surface area contributed by atoms with Gasteiger partial charge in [-0.25, -0.2) is 13.1 Å². The zero-order valence-electron chi connectivity index (χ0n) is 17.9. The smallest absolute Gasteiger partial charge is 0.270 e. The fourth-order valence-corrected chi connectivity index (χ4v) is 5.48. The molecule has 0 spiro atoms. The van der Waals surface area contributed by atoms with Crippen molar-refractivity contribution in [1.29, 1.82) is 0 Å². The Balaban J connectivity index is 1.35. The first-order valence-corrected chi connectivity index (χ1v) is 12.9. The molecule has 4 rings (SSSR count). The summed E-state index contributed by atoms with van der Waals surface area (Å²) in [5.74, 6) is -0.492. The Bertz CT molecular complexity index is 1220. The number of sulfonamides is 1. The van der Waals surface area contributed by atoms with E-state index in [0.29, 0.717) is 0 Å². The monoisotopic (exact) mass is 506 g/mol. The number of benzene rings is 2. The molecule has 12 heteroatoms. The van der Waals surface area contributed by atoms with Gasteiger partial charge in [0.25, 0.3) is 15.9 Å². The van der Waals surface area contributed by atoms with Gasteiger partial charge in [0.1, 0.15) is 0 Å². The van der Waals surface area contributed by atoms with Crippen molar-refractivity contribution >= 4 is 49.7 Å². The maximum atomic E-state index is 12.6. The van der Waals surface area contributed by atoms with Crippen LogP contribution in [-0.2, 0) is 16.6 Å². The fourth-order valence-electron chi connectivity index (χ4n) is 3.31. The Hall–Kier alpha value is -2.57. The highest BCUT2D eigenvalue weighted by Crippen LogP contribution is 2.23. The predicted molar refractivity (Wildman–Crippen MR) is 129 cm³/mol. The molecular formula is C21H23ClN6O3S2. The molecule has 0 aliphatic carbocycles. The first-order chi connectivity index (χ1) is 15.8. The van der Waals surface area contributed by atoms with Crippen LogP contribution in [0.1, 0.15) is 15.9 Å². The Morgan fingerprint density at radius 3 is 2.45 bits per heavy atom. The second-order valence-corrected chi connectivity index (χ2v) is 10.9. The van der Waals surface area contributed by atoms with Crippen LogP contribution in [-0.4, -0.2) is 62.6 Å². The lowest BCUT2D eigenvalue weighted by Gasteiger charge is -2.34. The summed E-state index contributed by atoms with van der Waals surface area (Å²) in [7, 11) is -1.77. The summed E-state index contributed by atoms with van der Waals surface area (Å²) in [6.45, 7) is 4.09. The number of nitrogens with one attached hydrogen (secondary N) is 2. The number of rotatable bonds is 7. The van der Waals surface area contributed by atoms with Gasteiger partial charge in [0.15, 0.2) is 0 Å². The first-order valence-electron chi connectivity index (χ1n) is 10.2. The zero-order valence-corrected chi connectivity index (χ0v) is 20.3. The SMILES string of the molecule is CN1CCN(c2ccc(CNS(=O)(=O)c3nnc(NC(=O)c4ccccc4Cl)s3)cc2)CC1. The number of nitrogens with zero attached hydrogens (tertiary/aromatic N) is 4. The van der Waals surface area contributed by atoms with Crippen LogP contribution in [0.4, 0.5) is 10.8 Å². The molecule has 2 heterocycles. The number of likely N-dealkylation sites (N-methyl/N-ethyl adjacent to an activating group) is 1. The predicted octanol–water partition coefficient (Wildman–Crippen LogP) is 2.67. The molecule has 33 heavy (non-hydrogen) atoms. The summed E-state index contributed by atoms with van der Waals surface area (Å²) >= 11 is 6.79. The molecule has 0 unspecified atom stereocenters. The molecule has 0 saturated carbocycles. The number of carbonyl (C=O) groups is 1. The van der Waals surface area contributed by atoms with Crippen molar-refractivity contribution in [3.05, 3.63) is 64.7 Å². The van der Waals surface area contributed by atoms with E-state index in [-0.39, 0.29) is 26.6 Å². The molecule has 1 fully saturated rings. The third-order valence-electron chi connectivity index (χ3n) is 5.25. The zero-order chi connectivity index (χ0) is 23.4. The fraction of sp³-hybridized carbons (Fsp3) is 0.286. The molecule has 2 N–H and O–H groups in total. The quantitative estimate of drug-likeness (QED) is 0.474. The van der Waals surface area contributed by atoms with Gasteiger partial charge in [0.05, 0.1) is 10.6 Å². The highest BCUT2D eigenvalue weighted by molar-refractivity contribution is 7.91. The van der Waals surface area contributed by atoms with Gasteiger partial charge in [-0.2, -0.15) is 0 Å². The van der Waals surface area contributed by atoms with Crippen LogP contribution in [0.2, 0.25) is 5.02 Å². The van der Waals surface area contributed by atoms with Gasteiger partial charge in [-0.05, 0) is 36.9 Å². The van der Waals surface area contributed by atoms with E-state index >= 15 is 0 Å². The van der Waals surface area contributed by atoms with Gasteiger partial charge in [-0.1, -0.05) is 47.2 Å². The van der Waals surface area contributed by atoms with Crippen LogP contribution < -0.4 is 14.9 Å². The highest BCUT2D eigenvalue weighted by atomic mass is 35.5. The summed E-state index contributed by atoms with van der Waals surface area (Å²) < 4.78 is 27.5. The van der Waals surface area contributed by atoms with Gasteiger partial charge in [-0.15, -0.1) is 10.2 Å². The van der Waals surface area contributed by atoms with E-state index in [1.54, 1.807) is 24.3 Å². The van der Waals surface area contributed by atoms with E-state index in [0.717, 1.165) is 48.8 Å². The number of amides is 1. The van der Waals surface area contributed by atoms with Crippen molar-refractivity contribution in [2.75, 3.05) is 43.4 Å². The third kappa shape index (κ3) is 5.87. The summed E-state index contributed by atoms with van der Waals surface area (Å²) in [5.41, 5.74) is 2.21. The molecule has 1 saturated heterocycles. The van der Waals surface area contributed by atoms with Crippen molar-refractivity contribution in [3.8, 4) is 0 Å². The molecule has 1 aromatic heterocycles. The van der Waals surface area contributed by atoms with Crippen molar-refractivity contribution in [2.45, 2.75) is 10.9 Å². The number of piperazine rings is 1. The Morgan fingerprint density at radius 2 is 1.76 bits per heavy atom. The molecule has 1 aliphatic heterocycles. The number of hydrogen-bond donors (Lipinski definition) is 2. The van der Waals surface area contributed by atoms with Crippen molar-refractivity contribution in [2.24, 2.45) is 0 Å². The maximum absolute atomic E-state index is 12.6. The van der Waals surface area contributed by atoms with Crippen molar-refractivity contribution in [1.82, 2.24) is 19.8 Å². The van der Waals surface area contributed by atoms with E-state index in [9.17, 15) is 13.2 Å². The molecular weight excluding hydrogens is 484 g/mol. The van der Waals surface area contributed by atoms with Gasteiger partial charge in [0, 0.05) is 38.4 Å². The largest absolute Gasteiger partial charge is 0.369 e. The molecule has 0 radical (unpaired) electrons. The maximum Gasteiger partial charge on any atom is 0.270 e. The molecule has 174 valence electrons. The third-order valence-corrected chi connectivity index (χ3v) is 8.18. The lowest BCUT2D eigenvalue weighted by Crippen LogP contribution is -2.44. The average Bonchev–Trinajstić information content (AvgIpc) is 3.28. The summed E-state index contributed by atoms with van der Waals surface area (Å²) in [5, 5.41) is 10.4. The lowest BCUT2D eigenvalue weighted by atomic mass is 10.2. The molecule has 2 aromatic carbocycles. The molecule has 0 bridgehead atoms. The van der Waals surface area contributed by atoms with Crippen molar-refractivity contribution < 1.29 is 13.2 Å². The standard InChI is InChI=1S/C21H23ClN6O3S2/c1-27-10-12-28(13-11-27)16-8-6-15(7-9-16)14-23-33(30,31)21-26-25-20(32-21)24-19(29)17-4-2-3-5-18(17)22/h2-9,23H,10-14H2,1H3,(H,24,25,29). The minimum atomic E-state index is -3.88. The second-order valence-electron chi connectivity index (χ2n) is 7.59. The second kappa shape index (κ2) is 10.1. The molecule has 1 amide bonds. The minimum absolute atomic E-state index is 0.0665. The summed E-state index contributed by atoms with van der Waals surface area (Å²) in [6, 6.07) is 14.4. The van der Waals surface area contributed by atoms with Gasteiger partial charge < -0.3 is 9.80 Å². The number of anilines is 2. The van der Waals surface area contributed by atoms with Gasteiger partial charge in [-0.3, -0.25) is 10.1 Å². The summed E-state index contributed by atoms with van der Waals surface area (Å²) in [4.78, 5) is 16.9. The molecule has 3 aromatic rings. The number of aromatic nitrogens is 2. The normalized spacial score (nSPS) is 14.9. The number of halogens is 1. The number of carbonyl (C=O) groups excluding carboxylic acids is 1. The molecule has 1 aliphatic rings. The van der Waals surface area contributed by atoms with Crippen LogP contribution in [0.25, 0.3) is 0 Å². The Kier molecular flexibility index (Phi) is 7.25. The van der Waals surface area contributed by atoms with Crippen LogP contribution in [0.15, 0.2) is 52.9 Å². The highest BCUT2D eigenvalue weighted by Gasteiger charge is 2.21. The van der Waals surface area contributed by atoms with E-state index in [4.69, 9.17) is 11.6 Å². The van der Waals surface area contributed by atoms with Gasteiger partial charge in [0.2, 0.25) is 9.47 Å². The average molecular weight is 507 g/mol. The van der Waals surface area contributed by atoms with Crippen LogP contribution in [0, 0.1) is 0 Å². The first kappa shape index (κ1) is 23.6. The van der Waals surface area contributed by atoms with E-state index in [1.807, 2.05) is 24.3 Å². The molecule has 9 nitrogen and oxygen atoms in total. The molecule has 0 atom stereocenters. The van der Waals surface area contributed by atoms with Gasteiger partial charge >= 0.3 is 0 Å².